The minimum absolute atomic E-state index is 0.00684. The van der Waals surface area contributed by atoms with Crippen LogP contribution in [0.25, 0.3) is 11.0 Å². The molecule has 2 amide bonds. The number of benzene rings is 2. The van der Waals surface area contributed by atoms with Crippen LogP contribution in [0.3, 0.4) is 0 Å². The number of aromatic nitrogens is 4. The molecule has 0 aliphatic heterocycles. The Kier molecular flexibility index (Phi) is 5.73. The summed E-state index contributed by atoms with van der Waals surface area (Å²) in [5.74, 6) is -1.49. The van der Waals surface area contributed by atoms with Crippen molar-refractivity contribution in [2.75, 3.05) is 5.32 Å². The van der Waals surface area contributed by atoms with E-state index in [4.69, 9.17) is 11.6 Å². The molecule has 5 rings (SSSR count). The highest BCUT2D eigenvalue weighted by molar-refractivity contribution is 6.31. The van der Waals surface area contributed by atoms with Crippen LogP contribution in [0.15, 0.2) is 42.7 Å². The number of ketones is 1. The Labute approximate surface area is 203 Å². The van der Waals surface area contributed by atoms with Gasteiger partial charge in [0, 0.05) is 11.1 Å². The first-order valence-electron chi connectivity index (χ1n) is 10.7. The topological polar surface area (TPSA) is 130 Å². The van der Waals surface area contributed by atoms with Gasteiger partial charge in [0.2, 0.25) is 0 Å². The van der Waals surface area contributed by atoms with Crippen molar-refractivity contribution in [2.24, 2.45) is 0 Å². The molecule has 3 N–H and O–H groups in total. The van der Waals surface area contributed by atoms with Gasteiger partial charge >= 0.3 is 0 Å². The average molecular weight is 493 g/mol. The number of fused-ring (bicyclic) bond motifs is 2. The zero-order valence-corrected chi connectivity index (χ0v) is 19.1. The maximum Gasteiger partial charge on any atom is 0.272 e. The van der Waals surface area contributed by atoms with E-state index in [0.29, 0.717) is 12.0 Å². The maximum atomic E-state index is 13.4. The predicted octanol–water partition coefficient (Wildman–Crippen LogP) is 4.02. The van der Waals surface area contributed by atoms with Crippen molar-refractivity contribution in [1.29, 1.82) is 0 Å². The van der Waals surface area contributed by atoms with Crippen LogP contribution in [0.1, 0.15) is 61.7 Å². The van der Waals surface area contributed by atoms with Crippen LogP contribution in [-0.4, -0.2) is 37.8 Å². The number of Topliss-reactive ketones (excluding diaryl/α,β-unsaturated/α-hetero) is 1. The molecular formula is C24H18ClFN6O3. The van der Waals surface area contributed by atoms with Crippen LogP contribution in [0.2, 0.25) is 5.02 Å². The molecule has 2 heterocycles. The van der Waals surface area contributed by atoms with Gasteiger partial charge in [0.15, 0.2) is 17.3 Å². The Morgan fingerprint density at radius 3 is 2.63 bits per heavy atom. The zero-order valence-electron chi connectivity index (χ0n) is 18.4. The molecule has 35 heavy (non-hydrogen) atoms. The lowest BCUT2D eigenvalue weighted by Crippen LogP contribution is -2.28. The fourth-order valence-electron chi connectivity index (χ4n) is 4.12. The number of nitrogens with one attached hydrogen (secondary N) is 3. The second-order valence-electron chi connectivity index (χ2n) is 8.14. The Balaban J connectivity index is 1.37. The van der Waals surface area contributed by atoms with E-state index in [-0.39, 0.29) is 45.0 Å². The van der Waals surface area contributed by atoms with E-state index < -0.39 is 17.6 Å². The number of rotatable bonds is 5. The largest absolute Gasteiger partial charge is 0.344 e. The molecule has 11 heteroatoms. The first-order valence-corrected chi connectivity index (χ1v) is 11.1. The molecule has 0 radical (unpaired) electrons. The number of aromatic amines is 1. The number of nitrogens with zero attached hydrogens (tertiary/aromatic N) is 3. The Bertz CT molecular complexity index is 1520. The Hall–Kier alpha value is -4.18. The predicted molar refractivity (Wildman–Crippen MR) is 126 cm³/mol. The molecular weight excluding hydrogens is 475 g/mol. The molecule has 176 valence electrons. The van der Waals surface area contributed by atoms with Gasteiger partial charge in [-0.15, -0.1) is 0 Å². The molecule has 1 aliphatic rings. The number of anilines is 1. The lowest BCUT2D eigenvalue weighted by Gasteiger charge is -2.14. The quantitative estimate of drug-likeness (QED) is 0.361. The highest BCUT2D eigenvalue weighted by Crippen LogP contribution is 2.32. The van der Waals surface area contributed by atoms with Crippen molar-refractivity contribution < 1.29 is 18.8 Å². The van der Waals surface area contributed by atoms with E-state index in [9.17, 15) is 18.8 Å². The third-order valence-corrected chi connectivity index (χ3v) is 6.20. The third kappa shape index (κ3) is 4.24. The molecule has 2 aromatic heterocycles. The summed E-state index contributed by atoms with van der Waals surface area (Å²) < 4.78 is 13.4. The average Bonchev–Trinajstić information content (AvgIpc) is 3.44. The van der Waals surface area contributed by atoms with Crippen LogP contribution >= 0.6 is 11.6 Å². The van der Waals surface area contributed by atoms with Crippen LogP contribution in [0.5, 0.6) is 0 Å². The number of hydrogen-bond acceptors (Lipinski definition) is 6. The van der Waals surface area contributed by atoms with Crippen molar-refractivity contribution in [1.82, 2.24) is 25.5 Å². The normalized spacial score (nSPS) is 14.5. The van der Waals surface area contributed by atoms with Gasteiger partial charge in [-0.2, -0.15) is 5.10 Å². The number of aryl methyl sites for hydroxylation is 1. The van der Waals surface area contributed by atoms with E-state index in [1.807, 2.05) is 12.1 Å². The van der Waals surface area contributed by atoms with Crippen LogP contribution in [-0.2, 0) is 6.42 Å². The minimum atomic E-state index is -0.636. The van der Waals surface area contributed by atoms with Crippen LogP contribution in [0.4, 0.5) is 10.2 Å². The van der Waals surface area contributed by atoms with E-state index in [1.165, 1.54) is 25.4 Å². The van der Waals surface area contributed by atoms with E-state index in [2.05, 4.69) is 30.8 Å². The highest BCUT2D eigenvalue weighted by Gasteiger charge is 2.27. The van der Waals surface area contributed by atoms with Gasteiger partial charge in [-0.3, -0.25) is 19.5 Å². The summed E-state index contributed by atoms with van der Waals surface area (Å²) in [5, 5.41) is 12.2. The van der Waals surface area contributed by atoms with Crippen LogP contribution < -0.4 is 10.6 Å². The summed E-state index contributed by atoms with van der Waals surface area (Å²) in [6.45, 7) is 1.52. The highest BCUT2D eigenvalue weighted by atomic mass is 35.5. The lowest BCUT2D eigenvalue weighted by molar-refractivity contribution is 0.0931. The first-order chi connectivity index (χ1) is 16.8. The van der Waals surface area contributed by atoms with Gasteiger partial charge in [0.1, 0.15) is 23.2 Å². The fourth-order valence-corrected chi connectivity index (χ4v) is 4.30. The van der Waals surface area contributed by atoms with Gasteiger partial charge in [0.25, 0.3) is 11.8 Å². The Morgan fingerprint density at radius 1 is 1.06 bits per heavy atom. The molecule has 1 aliphatic carbocycles. The standard InChI is InChI=1S/C24H18ClFN6O3/c1-11(33)12-2-5-15-13(8-12)4-7-18(15)29-24(35)21-19-20(27-10-28-21)22(32-31-19)30-23(34)14-3-6-17(26)16(25)9-14/h2-3,5-6,8-10,18H,4,7H2,1H3,(H,29,35)(H2,30,31,32,34)/t18-/m0/s1. The van der Waals surface area contributed by atoms with Gasteiger partial charge in [-0.1, -0.05) is 23.7 Å². The fraction of sp³-hybridized carbons (Fsp3) is 0.167. The van der Waals surface area contributed by atoms with E-state index in [1.54, 1.807) is 6.07 Å². The van der Waals surface area contributed by atoms with E-state index in [0.717, 1.165) is 23.6 Å². The number of halogens is 2. The van der Waals surface area contributed by atoms with Crippen molar-refractivity contribution >= 4 is 46.0 Å². The van der Waals surface area contributed by atoms with Gasteiger partial charge in [-0.05, 0) is 55.2 Å². The first kappa shape index (κ1) is 22.6. The summed E-state index contributed by atoms with van der Waals surface area (Å²) >= 11 is 5.76. The third-order valence-electron chi connectivity index (χ3n) is 5.91. The molecule has 0 saturated carbocycles. The van der Waals surface area contributed by atoms with Gasteiger partial charge in [0.05, 0.1) is 11.1 Å². The lowest BCUT2D eigenvalue weighted by atomic mass is 10.0. The monoisotopic (exact) mass is 492 g/mol. The van der Waals surface area contributed by atoms with Crippen molar-refractivity contribution in [3.8, 4) is 0 Å². The van der Waals surface area contributed by atoms with Crippen LogP contribution in [0, 0.1) is 5.82 Å². The number of amides is 2. The summed E-state index contributed by atoms with van der Waals surface area (Å²) in [5.41, 5.74) is 3.24. The molecule has 0 spiro atoms. The zero-order chi connectivity index (χ0) is 24.7. The molecule has 0 unspecified atom stereocenters. The Morgan fingerprint density at radius 2 is 1.86 bits per heavy atom. The van der Waals surface area contributed by atoms with Crippen molar-refractivity contribution in [3.63, 3.8) is 0 Å². The van der Waals surface area contributed by atoms with Crippen molar-refractivity contribution in [2.45, 2.75) is 25.8 Å². The molecule has 2 aromatic carbocycles. The number of carbonyl (C=O) groups is 3. The summed E-state index contributed by atoms with van der Waals surface area (Å²) in [6.07, 6.45) is 2.64. The molecule has 0 bridgehead atoms. The summed E-state index contributed by atoms with van der Waals surface area (Å²) in [6, 6.07) is 8.84. The maximum absolute atomic E-state index is 13.4. The molecule has 4 aromatic rings. The number of hydrogen-bond donors (Lipinski definition) is 3. The van der Waals surface area contributed by atoms with Gasteiger partial charge in [-0.25, -0.2) is 14.4 Å². The molecule has 0 fully saturated rings. The van der Waals surface area contributed by atoms with Crippen molar-refractivity contribution in [3.05, 3.63) is 81.5 Å². The second kappa shape index (κ2) is 8.88. The number of H-pyrrole nitrogens is 1. The smallest absolute Gasteiger partial charge is 0.272 e. The molecule has 0 saturated heterocycles. The molecule has 1 atom stereocenters. The van der Waals surface area contributed by atoms with E-state index >= 15 is 0 Å². The number of carbonyl (C=O) groups excluding carboxylic acids is 3. The summed E-state index contributed by atoms with van der Waals surface area (Å²) in [7, 11) is 0. The SMILES string of the molecule is CC(=O)c1ccc2c(c1)CC[C@@H]2NC(=O)c1ncnc2c(NC(=O)c3ccc(F)c(Cl)c3)[nH]nc12. The minimum Gasteiger partial charge on any atom is -0.344 e. The summed E-state index contributed by atoms with van der Waals surface area (Å²) in [4.78, 5) is 45.5. The molecule has 9 nitrogen and oxygen atoms in total. The van der Waals surface area contributed by atoms with Gasteiger partial charge < -0.3 is 10.6 Å². The second-order valence-corrected chi connectivity index (χ2v) is 8.54.